The van der Waals surface area contributed by atoms with Gasteiger partial charge in [-0.1, -0.05) is 6.07 Å². The van der Waals surface area contributed by atoms with Crippen LogP contribution in [-0.4, -0.2) is 35.2 Å². The summed E-state index contributed by atoms with van der Waals surface area (Å²) in [5.41, 5.74) is 2.74. The molecule has 3 aromatic rings. The standard InChI is InChI=1S/C13H13N9/c1-9-6-10(2)22(21-9)13-19-17-12(18-20-13)16-15-8-11-4-3-5-14-7-11/h3-7H,8H2,1-2H3. The molecular formula is C13H13N9. The molecule has 0 saturated heterocycles. The molecule has 9 heteroatoms. The second-order valence-corrected chi connectivity index (χ2v) is 4.60. The molecule has 22 heavy (non-hydrogen) atoms. The van der Waals surface area contributed by atoms with Crippen molar-refractivity contribution in [2.45, 2.75) is 20.4 Å². The van der Waals surface area contributed by atoms with E-state index in [0.717, 1.165) is 17.0 Å². The van der Waals surface area contributed by atoms with Gasteiger partial charge in [0, 0.05) is 18.1 Å². The van der Waals surface area contributed by atoms with Gasteiger partial charge in [0.25, 0.3) is 5.95 Å². The maximum absolute atomic E-state index is 4.26. The van der Waals surface area contributed by atoms with Gasteiger partial charge in [-0.05, 0) is 31.5 Å². The van der Waals surface area contributed by atoms with E-state index >= 15 is 0 Å². The molecule has 0 amide bonds. The molecule has 3 heterocycles. The minimum absolute atomic E-state index is 0.106. The van der Waals surface area contributed by atoms with Crippen molar-refractivity contribution in [3.05, 3.63) is 47.5 Å². The van der Waals surface area contributed by atoms with Crippen molar-refractivity contribution in [3.63, 3.8) is 0 Å². The summed E-state index contributed by atoms with van der Waals surface area (Å²) in [5.74, 6) is 0.408. The molecular weight excluding hydrogens is 282 g/mol. The fraction of sp³-hybridized carbons (Fsp3) is 0.231. The Kier molecular flexibility index (Phi) is 3.86. The highest BCUT2D eigenvalue weighted by Gasteiger charge is 2.08. The first-order valence-electron chi connectivity index (χ1n) is 6.60. The molecule has 0 radical (unpaired) electrons. The number of rotatable bonds is 4. The molecule has 0 aliphatic heterocycles. The summed E-state index contributed by atoms with van der Waals surface area (Å²) >= 11 is 0. The van der Waals surface area contributed by atoms with Gasteiger partial charge in [0.2, 0.25) is 0 Å². The van der Waals surface area contributed by atoms with Crippen LogP contribution in [0.5, 0.6) is 0 Å². The predicted molar refractivity (Wildman–Crippen MR) is 76.7 cm³/mol. The number of aryl methyl sites for hydroxylation is 2. The van der Waals surface area contributed by atoms with Gasteiger partial charge in [0.15, 0.2) is 0 Å². The Bertz CT molecular complexity index is 777. The van der Waals surface area contributed by atoms with E-state index in [1.807, 2.05) is 32.0 Å². The third-order valence-electron chi connectivity index (χ3n) is 2.79. The van der Waals surface area contributed by atoms with Crippen LogP contribution in [0.25, 0.3) is 5.95 Å². The van der Waals surface area contributed by atoms with Crippen LogP contribution in [0.3, 0.4) is 0 Å². The number of nitrogens with zero attached hydrogens (tertiary/aromatic N) is 9. The van der Waals surface area contributed by atoms with Crippen LogP contribution in [-0.2, 0) is 6.54 Å². The highest BCUT2D eigenvalue weighted by Crippen LogP contribution is 2.08. The number of azo groups is 1. The molecule has 3 aromatic heterocycles. The fourth-order valence-electron chi connectivity index (χ4n) is 1.85. The average Bonchev–Trinajstić information content (AvgIpc) is 2.88. The lowest BCUT2D eigenvalue weighted by Gasteiger charge is -1.99. The van der Waals surface area contributed by atoms with Gasteiger partial charge < -0.3 is 0 Å². The Balaban J connectivity index is 1.70. The van der Waals surface area contributed by atoms with Crippen molar-refractivity contribution in [1.29, 1.82) is 0 Å². The fourth-order valence-corrected chi connectivity index (χ4v) is 1.85. The lowest BCUT2D eigenvalue weighted by Crippen LogP contribution is -2.07. The zero-order chi connectivity index (χ0) is 15.4. The molecule has 110 valence electrons. The zero-order valence-electron chi connectivity index (χ0n) is 12.1. The van der Waals surface area contributed by atoms with Gasteiger partial charge in [-0.2, -0.15) is 10.2 Å². The summed E-state index contributed by atoms with van der Waals surface area (Å²) in [6, 6.07) is 5.67. The van der Waals surface area contributed by atoms with E-state index in [4.69, 9.17) is 0 Å². The van der Waals surface area contributed by atoms with Crippen LogP contribution in [0, 0.1) is 13.8 Å². The van der Waals surface area contributed by atoms with Crippen LogP contribution < -0.4 is 0 Å². The molecule has 9 nitrogen and oxygen atoms in total. The first-order chi connectivity index (χ1) is 10.7. The first kappa shape index (κ1) is 13.9. The van der Waals surface area contributed by atoms with Crippen LogP contribution in [0.1, 0.15) is 17.0 Å². The van der Waals surface area contributed by atoms with E-state index in [1.165, 1.54) is 0 Å². The van der Waals surface area contributed by atoms with Crippen LogP contribution in [0.15, 0.2) is 40.8 Å². The maximum atomic E-state index is 4.26. The summed E-state index contributed by atoms with van der Waals surface area (Å²) < 4.78 is 1.58. The second-order valence-electron chi connectivity index (χ2n) is 4.60. The molecule has 0 N–H and O–H groups in total. The molecule has 0 fully saturated rings. The quantitative estimate of drug-likeness (QED) is 0.678. The number of pyridine rings is 1. The van der Waals surface area contributed by atoms with Gasteiger partial charge >= 0.3 is 5.95 Å². The third-order valence-corrected chi connectivity index (χ3v) is 2.79. The van der Waals surface area contributed by atoms with Crippen molar-refractivity contribution in [3.8, 4) is 5.95 Å². The molecule has 0 saturated carbocycles. The predicted octanol–water partition coefficient (Wildman–Crippen LogP) is 1.75. The van der Waals surface area contributed by atoms with Gasteiger partial charge in [-0.25, -0.2) is 4.68 Å². The summed E-state index contributed by atoms with van der Waals surface area (Å²) in [7, 11) is 0. The van der Waals surface area contributed by atoms with Crippen molar-refractivity contribution in [1.82, 2.24) is 35.2 Å². The van der Waals surface area contributed by atoms with E-state index in [9.17, 15) is 0 Å². The van der Waals surface area contributed by atoms with E-state index in [2.05, 4.69) is 40.7 Å². The molecule has 0 aliphatic rings. The van der Waals surface area contributed by atoms with Crippen LogP contribution in [0.2, 0.25) is 0 Å². The highest BCUT2D eigenvalue weighted by atomic mass is 15.5. The monoisotopic (exact) mass is 295 g/mol. The summed E-state index contributed by atoms with van der Waals surface area (Å²) in [4.78, 5) is 4.00. The van der Waals surface area contributed by atoms with Gasteiger partial charge in [-0.3, -0.25) is 4.98 Å². The average molecular weight is 295 g/mol. The highest BCUT2D eigenvalue weighted by molar-refractivity contribution is 5.18. The smallest absolute Gasteiger partial charge is 0.264 e. The van der Waals surface area contributed by atoms with E-state index in [0.29, 0.717) is 12.5 Å². The van der Waals surface area contributed by atoms with Crippen molar-refractivity contribution in [2.24, 2.45) is 10.2 Å². The van der Waals surface area contributed by atoms with Crippen molar-refractivity contribution >= 4 is 5.95 Å². The van der Waals surface area contributed by atoms with Crippen LogP contribution >= 0.6 is 0 Å². The second kappa shape index (κ2) is 6.12. The first-order valence-corrected chi connectivity index (χ1v) is 6.60. The minimum Gasteiger partial charge on any atom is -0.264 e. The molecule has 0 atom stereocenters. The van der Waals surface area contributed by atoms with Gasteiger partial charge in [-0.15, -0.1) is 25.5 Å². The summed E-state index contributed by atoms with van der Waals surface area (Å²) in [5, 5.41) is 27.8. The lowest BCUT2D eigenvalue weighted by atomic mass is 10.3. The van der Waals surface area contributed by atoms with Crippen LogP contribution in [0.4, 0.5) is 5.95 Å². The summed E-state index contributed by atoms with van der Waals surface area (Å²) in [6.07, 6.45) is 3.43. The SMILES string of the molecule is Cc1cc(C)n(-c2nnc(N=NCc3cccnc3)nn2)n1. The Morgan fingerprint density at radius 1 is 1.14 bits per heavy atom. The molecule has 0 unspecified atom stereocenters. The normalized spacial score (nSPS) is 11.2. The van der Waals surface area contributed by atoms with Crippen molar-refractivity contribution < 1.29 is 0 Å². The van der Waals surface area contributed by atoms with E-state index in [-0.39, 0.29) is 5.95 Å². The Hall–Kier alpha value is -3.10. The third kappa shape index (κ3) is 3.14. The number of hydrogen-bond donors (Lipinski definition) is 0. The van der Waals surface area contributed by atoms with Gasteiger partial charge in [0.05, 0.1) is 12.2 Å². The molecule has 0 bridgehead atoms. The molecule has 0 spiro atoms. The lowest BCUT2D eigenvalue weighted by molar-refractivity contribution is 0.705. The zero-order valence-corrected chi connectivity index (χ0v) is 12.1. The number of aromatic nitrogens is 7. The van der Waals surface area contributed by atoms with Crippen molar-refractivity contribution in [2.75, 3.05) is 0 Å². The van der Waals surface area contributed by atoms with E-state index < -0.39 is 0 Å². The maximum Gasteiger partial charge on any atom is 0.306 e. The van der Waals surface area contributed by atoms with E-state index in [1.54, 1.807) is 17.1 Å². The Morgan fingerprint density at radius 3 is 2.59 bits per heavy atom. The molecule has 3 rings (SSSR count). The number of hydrogen-bond acceptors (Lipinski definition) is 8. The topological polar surface area (TPSA) is 107 Å². The largest absolute Gasteiger partial charge is 0.306 e. The van der Waals surface area contributed by atoms with Gasteiger partial charge in [0.1, 0.15) is 0 Å². The molecule has 0 aromatic carbocycles. The Labute approximate surface area is 126 Å². The Morgan fingerprint density at radius 2 is 1.95 bits per heavy atom. The molecule has 0 aliphatic carbocycles. The minimum atomic E-state index is 0.106. The summed E-state index contributed by atoms with van der Waals surface area (Å²) in [6.45, 7) is 4.20.